The lowest BCUT2D eigenvalue weighted by Gasteiger charge is -2.10. The third-order valence-corrected chi connectivity index (χ3v) is 4.15. The van der Waals surface area contributed by atoms with Crippen molar-refractivity contribution in [1.82, 2.24) is 16.2 Å². The highest BCUT2D eigenvalue weighted by Crippen LogP contribution is 2.16. The Morgan fingerprint density at radius 3 is 2.38 bits per heavy atom. The first-order chi connectivity index (χ1) is 13.9. The van der Waals surface area contributed by atoms with Gasteiger partial charge in [0.1, 0.15) is 0 Å². The van der Waals surface area contributed by atoms with E-state index in [0.717, 1.165) is 0 Å². The number of hydrogen-bond acceptors (Lipinski definition) is 4. The monoisotopic (exact) mass is 430 g/mol. The average molecular weight is 431 g/mol. The number of halogens is 1. The zero-order valence-electron chi connectivity index (χ0n) is 15.5. The standard InChI is InChI=1S/C20H19ClN4O3S/c1-2-17(26)22-15-10-7-14(8-11-15)19(28)24-25-20(29)23-18(27)12-9-13-5-3-4-6-16(13)21/h3-12H,2H2,1H3,(H,22,26)(H,24,28)(H2,23,25,27,29). The summed E-state index contributed by atoms with van der Waals surface area (Å²) in [5.74, 6) is -1.05. The van der Waals surface area contributed by atoms with E-state index < -0.39 is 11.8 Å². The number of rotatable bonds is 5. The number of benzene rings is 2. The van der Waals surface area contributed by atoms with Crippen LogP contribution in [0.25, 0.3) is 6.08 Å². The smallest absolute Gasteiger partial charge is 0.269 e. The molecule has 0 spiro atoms. The van der Waals surface area contributed by atoms with Crippen LogP contribution in [-0.4, -0.2) is 22.8 Å². The Morgan fingerprint density at radius 1 is 1.03 bits per heavy atom. The van der Waals surface area contributed by atoms with E-state index in [4.69, 9.17) is 23.8 Å². The molecule has 3 amide bonds. The van der Waals surface area contributed by atoms with Crippen molar-refractivity contribution in [2.75, 3.05) is 5.32 Å². The predicted molar refractivity (Wildman–Crippen MR) is 117 cm³/mol. The van der Waals surface area contributed by atoms with Gasteiger partial charge in [0.15, 0.2) is 5.11 Å². The Bertz CT molecular complexity index is 945. The van der Waals surface area contributed by atoms with Gasteiger partial charge in [-0.1, -0.05) is 36.7 Å². The van der Waals surface area contributed by atoms with E-state index in [9.17, 15) is 14.4 Å². The van der Waals surface area contributed by atoms with Gasteiger partial charge in [-0.05, 0) is 54.2 Å². The number of nitrogens with one attached hydrogen (secondary N) is 4. The first-order valence-corrected chi connectivity index (χ1v) is 9.41. The summed E-state index contributed by atoms with van der Waals surface area (Å²) in [4.78, 5) is 35.3. The molecule has 0 saturated heterocycles. The Balaban J connectivity index is 1.80. The third-order valence-electron chi connectivity index (χ3n) is 3.60. The summed E-state index contributed by atoms with van der Waals surface area (Å²) >= 11 is 11.0. The molecule has 0 radical (unpaired) electrons. The quantitative estimate of drug-likeness (QED) is 0.332. The zero-order chi connectivity index (χ0) is 21.2. The molecule has 0 aliphatic heterocycles. The molecule has 0 heterocycles. The minimum atomic E-state index is -0.479. The van der Waals surface area contributed by atoms with Gasteiger partial charge in [0.2, 0.25) is 11.8 Å². The van der Waals surface area contributed by atoms with Gasteiger partial charge < -0.3 is 5.32 Å². The molecule has 2 rings (SSSR count). The Labute approximate surface area is 178 Å². The van der Waals surface area contributed by atoms with Crippen molar-refractivity contribution in [3.05, 3.63) is 70.8 Å². The minimum absolute atomic E-state index is 0.0704. The predicted octanol–water partition coefficient (Wildman–Crippen LogP) is 3.04. The van der Waals surface area contributed by atoms with Crippen molar-refractivity contribution >= 4 is 58.4 Å². The van der Waals surface area contributed by atoms with Crippen LogP contribution in [0.2, 0.25) is 5.02 Å². The number of carbonyl (C=O) groups excluding carboxylic acids is 3. The highest BCUT2D eigenvalue weighted by molar-refractivity contribution is 7.80. The maximum absolute atomic E-state index is 12.1. The van der Waals surface area contributed by atoms with Gasteiger partial charge in [0, 0.05) is 28.8 Å². The normalized spacial score (nSPS) is 10.3. The maximum atomic E-state index is 12.1. The average Bonchev–Trinajstić information content (AvgIpc) is 2.71. The molecule has 0 unspecified atom stereocenters. The number of anilines is 1. The van der Waals surface area contributed by atoms with Crippen molar-refractivity contribution in [3.63, 3.8) is 0 Å². The Hall–Kier alpha value is -3.23. The van der Waals surface area contributed by atoms with Crippen LogP contribution >= 0.6 is 23.8 Å². The number of carbonyl (C=O) groups is 3. The topological polar surface area (TPSA) is 99.3 Å². The summed E-state index contributed by atoms with van der Waals surface area (Å²) in [6.07, 6.45) is 3.20. The van der Waals surface area contributed by atoms with Crippen molar-refractivity contribution in [3.8, 4) is 0 Å². The molecule has 2 aromatic rings. The fraction of sp³-hybridized carbons (Fsp3) is 0.100. The molecule has 0 saturated carbocycles. The van der Waals surface area contributed by atoms with Crippen molar-refractivity contribution in [2.45, 2.75) is 13.3 Å². The lowest BCUT2D eigenvalue weighted by atomic mass is 10.2. The van der Waals surface area contributed by atoms with Gasteiger partial charge in [-0.3, -0.25) is 30.6 Å². The lowest BCUT2D eigenvalue weighted by Crippen LogP contribution is -2.48. The van der Waals surface area contributed by atoms with Gasteiger partial charge in [-0.2, -0.15) is 0 Å². The molecular weight excluding hydrogens is 412 g/mol. The van der Waals surface area contributed by atoms with Crippen LogP contribution in [0.4, 0.5) is 5.69 Å². The van der Waals surface area contributed by atoms with Crippen molar-refractivity contribution < 1.29 is 14.4 Å². The molecule has 0 aliphatic carbocycles. The molecule has 29 heavy (non-hydrogen) atoms. The van der Waals surface area contributed by atoms with Crippen LogP contribution in [0.1, 0.15) is 29.3 Å². The molecule has 0 bridgehead atoms. The molecule has 9 heteroatoms. The molecular formula is C20H19ClN4O3S. The number of hydrogen-bond donors (Lipinski definition) is 4. The summed E-state index contributed by atoms with van der Waals surface area (Å²) in [6, 6.07) is 13.4. The van der Waals surface area contributed by atoms with E-state index in [1.54, 1.807) is 61.5 Å². The summed E-state index contributed by atoms with van der Waals surface area (Å²) < 4.78 is 0. The van der Waals surface area contributed by atoms with E-state index in [0.29, 0.717) is 28.3 Å². The van der Waals surface area contributed by atoms with Crippen LogP contribution < -0.4 is 21.5 Å². The number of hydrazine groups is 1. The van der Waals surface area contributed by atoms with Crippen molar-refractivity contribution in [2.24, 2.45) is 0 Å². The van der Waals surface area contributed by atoms with Crippen LogP contribution in [0.5, 0.6) is 0 Å². The van der Waals surface area contributed by atoms with Crippen LogP contribution in [-0.2, 0) is 9.59 Å². The fourth-order valence-electron chi connectivity index (χ4n) is 2.10. The SMILES string of the molecule is CCC(=O)Nc1ccc(C(=O)NNC(=S)NC(=O)C=Cc2ccccc2Cl)cc1. The third kappa shape index (κ3) is 7.36. The van der Waals surface area contributed by atoms with Crippen molar-refractivity contribution in [1.29, 1.82) is 0 Å². The Kier molecular flexibility index (Phi) is 8.32. The van der Waals surface area contributed by atoms with Crippen LogP contribution in [0.15, 0.2) is 54.6 Å². The molecule has 2 aromatic carbocycles. The molecule has 4 N–H and O–H groups in total. The lowest BCUT2D eigenvalue weighted by molar-refractivity contribution is -0.116. The van der Waals surface area contributed by atoms with Gasteiger partial charge in [0.05, 0.1) is 0 Å². The van der Waals surface area contributed by atoms with E-state index >= 15 is 0 Å². The van der Waals surface area contributed by atoms with Gasteiger partial charge in [0.25, 0.3) is 5.91 Å². The molecule has 0 aliphatic rings. The first-order valence-electron chi connectivity index (χ1n) is 8.63. The number of thiocarbonyl (C=S) groups is 1. The molecule has 150 valence electrons. The summed E-state index contributed by atoms with van der Waals surface area (Å²) in [7, 11) is 0. The van der Waals surface area contributed by atoms with Crippen LogP contribution in [0.3, 0.4) is 0 Å². The van der Waals surface area contributed by atoms with Gasteiger partial charge in [-0.15, -0.1) is 0 Å². The van der Waals surface area contributed by atoms with Gasteiger partial charge >= 0.3 is 0 Å². The fourth-order valence-corrected chi connectivity index (χ4v) is 2.45. The largest absolute Gasteiger partial charge is 0.326 e. The molecule has 7 nitrogen and oxygen atoms in total. The summed E-state index contributed by atoms with van der Waals surface area (Å²) in [5, 5.41) is 5.54. The second-order valence-corrected chi connectivity index (χ2v) is 6.55. The highest BCUT2D eigenvalue weighted by Gasteiger charge is 2.07. The second kappa shape index (κ2) is 10.9. The Morgan fingerprint density at radius 2 is 1.72 bits per heavy atom. The second-order valence-electron chi connectivity index (χ2n) is 5.73. The summed E-state index contributed by atoms with van der Waals surface area (Å²) in [6.45, 7) is 1.75. The molecule has 0 aromatic heterocycles. The van der Waals surface area contributed by atoms with E-state index in [1.165, 1.54) is 6.08 Å². The van der Waals surface area contributed by atoms with Gasteiger partial charge in [-0.25, -0.2) is 0 Å². The molecule has 0 atom stereocenters. The molecule has 0 fully saturated rings. The first kappa shape index (κ1) is 22.1. The maximum Gasteiger partial charge on any atom is 0.269 e. The van der Waals surface area contributed by atoms with E-state index in [1.807, 2.05) is 0 Å². The van der Waals surface area contributed by atoms with E-state index in [-0.39, 0.29) is 11.0 Å². The summed E-state index contributed by atoms with van der Waals surface area (Å²) in [5.41, 5.74) is 6.46. The van der Waals surface area contributed by atoms with Crippen LogP contribution in [0, 0.1) is 0 Å². The van der Waals surface area contributed by atoms with E-state index in [2.05, 4.69) is 21.5 Å². The number of amides is 3. The highest BCUT2D eigenvalue weighted by atomic mass is 35.5. The minimum Gasteiger partial charge on any atom is -0.326 e. The zero-order valence-corrected chi connectivity index (χ0v) is 17.1.